The molecule has 1 aromatic carbocycles. The van der Waals surface area contributed by atoms with Crippen molar-refractivity contribution in [2.45, 2.75) is 19.2 Å². The van der Waals surface area contributed by atoms with Crippen molar-refractivity contribution in [1.29, 1.82) is 0 Å². The number of methoxy groups -OCH3 is 2. The predicted octanol–water partition coefficient (Wildman–Crippen LogP) is 1.46. The summed E-state index contributed by atoms with van der Waals surface area (Å²) in [6.45, 7) is 3.14. The van der Waals surface area contributed by atoms with Gasteiger partial charge in [-0.1, -0.05) is 18.2 Å². The first kappa shape index (κ1) is 19.2. The summed E-state index contributed by atoms with van der Waals surface area (Å²) in [6, 6.07) is 5.65. The lowest BCUT2D eigenvalue weighted by Crippen LogP contribution is -2.46. The van der Waals surface area contributed by atoms with Crippen LogP contribution in [0.4, 0.5) is 5.69 Å². The van der Waals surface area contributed by atoms with Crippen molar-refractivity contribution in [1.82, 2.24) is 5.32 Å². The third-order valence-electron chi connectivity index (χ3n) is 4.22. The molecule has 0 aliphatic carbocycles. The summed E-state index contributed by atoms with van der Waals surface area (Å²) < 4.78 is 9.63. The lowest BCUT2D eigenvalue weighted by atomic mass is 9.53. The number of ether oxygens (including phenoxy) is 2. The van der Waals surface area contributed by atoms with Crippen molar-refractivity contribution in [3.63, 3.8) is 0 Å². The first-order chi connectivity index (χ1) is 12.2. The fraction of sp³-hybridized carbons (Fsp3) is 0.294. The van der Waals surface area contributed by atoms with Gasteiger partial charge in [-0.3, -0.25) is 10.1 Å². The summed E-state index contributed by atoms with van der Waals surface area (Å²) in [5.74, 6) is -1.63. The van der Waals surface area contributed by atoms with Crippen LogP contribution in [-0.4, -0.2) is 38.9 Å². The van der Waals surface area contributed by atoms with Crippen molar-refractivity contribution >= 4 is 25.5 Å². The number of para-hydroxylation sites is 1. The Bertz CT molecular complexity index is 821. The van der Waals surface area contributed by atoms with E-state index in [0.29, 0.717) is 11.4 Å². The van der Waals surface area contributed by atoms with Gasteiger partial charge in [0.1, 0.15) is 0 Å². The average Bonchev–Trinajstić information content (AvgIpc) is 2.60. The Morgan fingerprint density at radius 3 is 1.96 bits per heavy atom. The third kappa shape index (κ3) is 2.85. The molecule has 2 rings (SSSR count). The zero-order valence-electron chi connectivity index (χ0n) is 14.8. The van der Waals surface area contributed by atoms with Crippen LogP contribution in [0.3, 0.4) is 0 Å². The number of esters is 2. The predicted molar refractivity (Wildman–Crippen MR) is 93.1 cm³/mol. The lowest BCUT2D eigenvalue weighted by molar-refractivity contribution is -0.385. The normalized spacial score (nSPS) is 16.0. The van der Waals surface area contributed by atoms with E-state index in [1.165, 1.54) is 24.3 Å². The Morgan fingerprint density at radius 2 is 1.54 bits per heavy atom. The molecule has 1 aromatic rings. The Morgan fingerprint density at radius 1 is 1.08 bits per heavy atom. The Kier molecular flexibility index (Phi) is 5.20. The highest BCUT2D eigenvalue weighted by Gasteiger charge is 2.49. The summed E-state index contributed by atoms with van der Waals surface area (Å²) in [7, 11) is 8.90. The molecule has 1 aliphatic heterocycles. The number of nitrogens with one attached hydrogen (secondary N) is 1. The highest BCUT2D eigenvalue weighted by molar-refractivity contribution is 6.28. The maximum atomic E-state index is 12.5. The van der Waals surface area contributed by atoms with E-state index in [1.807, 2.05) is 0 Å². The molecular formula is C17H17BN2O6. The van der Waals surface area contributed by atoms with E-state index in [4.69, 9.17) is 17.3 Å². The molecule has 8 nitrogen and oxygen atoms in total. The molecule has 0 fully saturated rings. The Labute approximate surface area is 151 Å². The molecule has 1 N–H and O–H groups in total. The van der Waals surface area contributed by atoms with Crippen molar-refractivity contribution < 1.29 is 24.0 Å². The SMILES string of the molecule is [B]C1(c2ccccc2[N+](=O)[O-])C(C(=O)OC)=C(C)NC(C)=C1C(=O)OC. The van der Waals surface area contributed by atoms with E-state index in [9.17, 15) is 19.7 Å². The first-order valence-electron chi connectivity index (χ1n) is 7.59. The number of nitro groups is 1. The van der Waals surface area contributed by atoms with Gasteiger partial charge in [0.2, 0.25) is 0 Å². The molecule has 0 spiro atoms. The van der Waals surface area contributed by atoms with Gasteiger partial charge in [-0.15, -0.1) is 0 Å². The van der Waals surface area contributed by atoms with E-state index in [1.54, 1.807) is 13.8 Å². The number of carbonyl (C=O) groups is 2. The summed E-state index contributed by atoms with van der Waals surface area (Å²) in [5, 5.41) is 12.5. The molecule has 2 radical (unpaired) electrons. The highest BCUT2D eigenvalue weighted by atomic mass is 16.6. The summed E-state index contributed by atoms with van der Waals surface area (Å²) in [6.07, 6.45) is 0. The molecule has 0 unspecified atom stereocenters. The van der Waals surface area contributed by atoms with Crippen LogP contribution in [0.5, 0.6) is 0 Å². The van der Waals surface area contributed by atoms with Crippen LogP contribution in [0.15, 0.2) is 46.8 Å². The molecule has 0 aromatic heterocycles. The maximum Gasteiger partial charge on any atom is 0.335 e. The van der Waals surface area contributed by atoms with Crippen LogP contribution in [0.1, 0.15) is 19.4 Å². The number of dihydropyridines is 1. The Balaban J connectivity index is 2.94. The van der Waals surface area contributed by atoms with Gasteiger partial charge in [-0.2, -0.15) is 0 Å². The number of carbonyl (C=O) groups excluding carboxylic acids is 2. The molecule has 0 amide bonds. The monoisotopic (exact) mass is 356 g/mol. The largest absolute Gasteiger partial charge is 0.466 e. The van der Waals surface area contributed by atoms with Gasteiger partial charge in [-0.25, -0.2) is 9.59 Å². The average molecular weight is 356 g/mol. The quantitative estimate of drug-likeness (QED) is 0.377. The second-order valence-corrected chi connectivity index (χ2v) is 5.69. The number of benzene rings is 1. The number of nitrogens with zero attached hydrogens (tertiary/aromatic N) is 1. The molecule has 9 heteroatoms. The zero-order chi connectivity index (χ0) is 19.6. The minimum Gasteiger partial charge on any atom is -0.466 e. The van der Waals surface area contributed by atoms with Crippen molar-refractivity contribution in [2.75, 3.05) is 14.2 Å². The second-order valence-electron chi connectivity index (χ2n) is 5.69. The molecule has 0 bridgehead atoms. The molecule has 0 saturated carbocycles. The van der Waals surface area contributed by atoms with Gasteiger partial charge < -0.3 is 14.8 Å². The van der Waals surface area contributed by atoms with Gasteiger partial charge in [0.25, 0.3) is 5.69 Å². The number of hydrogen-bond donors (Lipinski definition) is 1. The second kappa shape index (κ2) is 7.03. The standard InChI is InChI=1S/C17H17BN2O6/c1-9-13(15(21)25-3)17(18,14(10(2)19-9)16(22)26-4)11-7-5-6-8-12(11)20(23)24/h5-8,19H,1-4H3. The minimum atomic E-state index is -1.93. The van der Waals surface area contributed by atoms with Gasteiger partial charge >= 0.3 is 11.9 Å². The molecule has 1 aliphatic rings. The molecule has 134 valence electrons. The van der Waals surface area contributed by atoms with Crippen LogP contribution in [0.2, 0.25) is 0 Å². The van der Waals surface area contributed by atoms with Crippen LogP contribution in [0.25, 0.3) is 0 Å². The maximum absolute atomic E-state index is 12.5. The topological polar surface area (TPSA) is 108 Å². The van der Waals surface area contributed by atoms with Gasteiger partial charge in [0.05, 0.1) is 38.1 Å². The fourth-order valence-electron chi connectivity index (χ4n) is 3.19. The molecular weight excluding hydrogens is 339 g/mol. The van der Waals surface area contributed by atoms with E-state index in [2.05, 4.69) is 5.32 Å². The van der Waals surface area contributed by atoms with E-state index in [-0.39, 0.29) is 22.4 Å². The lowest BCUT2D eigenvalue weighted by Gasteiger charge is -2.39. The smallest absolute Gasteiger partial charge is 0.335 e. The van der Waals surface area contributed by atoms with Crippen LogP contribution < -0.4 is 5.32 Å². The number of rotatable bonds is 4. The van der Waals surface area contributed by atoms with Crippen molar-refractivity contribution in [3.8, 4) is 0 Å². The van der Waals surface area contributed by atoms with E-state index < -0.39 is 22.2 Å². The van der Waals surface area contributed by atoms with E-state index in [0.717, 1.165) is 14.2 Å². The summed E-state index contributed by atoms with van der Waals surface area (Å²) in [4.78, 5) is 35.8. The van der Waals surface area contributed by atoms with Crippen LogP contribution in [-0.2, 0) is 24.4 Å². The van der Waals surface area contributed by atoms with Crippen LogP contribution >= 0.6 is 0 Å². The van der Waals surface area contributed by atoms with Crippen molar-refractivity contribution in [2.24, 2.45) is 0 Å². The van der Waals surface area contributed by atoms with Gasteiger partial charge in [0.15, 0.2) is 0 Å². The number of nitro benzene ring substituents is 1. The van der Waals surface area contributed by atoms with Gasteiger partial charge in [-0.05, 0) is 13.8 Å². The highest BCUT2D eigenvalue weighted by Crippen LogP contribution is 2.45. The molecule has 1 heterocycles. The number of allylic oxidation sites excluding steroid dienone is 2. The minimum absolute atomic E-state index is 0.0222. The van der Waals surface area contributed by atoms with Crippen molar-refractivity contribution in [3.05, 3.63) is 62.5 Å². The molecule has 0 atom stereocenters. The summed E-state index contributed by atoms with van der Waals surface area (Å²) >= 11 is 0. The molecule has 0 saturated heterocycles. The number of hydrogen-bond acceptors (Lipinski definition) is 7. The van der Waals surface area contributed by atoms with Gasteiger partial charge in [0, 0.05) is 28.3 Å². The Hall–Kier alpha value is -3.10. The fourth-order valence-corrected chi connectivity index (χ4v) is 3.19. The first-order valence-corrected chi connectivity index (χ1v) is 7.59. The molecule has 26 heavy (non-hydrogen) atoms. The third-order valence-corrected chi connectivity index (χ3v) is 4.22. The van der Waals surface area contributed by atoms with E-state index >= 15 is 0 Å². The van der Waals surface area contributed by atoms with Crippen LogP contribution in [0, 0.1) is 10.1 Å². The zero-order valence-corrected chi connectivity index (χ0v) is 14.8. The summed E-state index contributed by atoms with van der Waals surface area (Å²) in [5.41, 5.74) is 0.0669.